The molecule has 3 aliphatic rings. The van der Waals surface area contributed by atoms with Gasteiger partial charge in [0, 0.05) is 18.8 Å². The normalized spacial score (nSPS) is 38.0. The van der Waals surface area contributed by atoms with Crippen LogP contribution in [-0.4, -0.2) is 22.1 Å². The van der Waals surface area contributed by atoms with Crippen LogP contribution in [-0.2, 0) is 6.54 Å². The van der Waals surface area contributed by atoms with Crippen LogP contribution in [0.25, 0.3) is 0 Å². The van der Waals surface area contributed by atoms with Gasteiger partial charge in [-0.25, -0.2) is 0 Å². The minimum Gasteiger partial charge on any atom is -0.409 e. The number of hydrogen-bond acceptors (Lipinski definition) is 4. The second-order valence-corrected chi connectivity index (χ2v) is 6.39. The lowest BCUT2D eigenvalue weighted by Crippen LogP contribution is -2.25. The van der Waals surface area contributed by atoms with Crippen molar-refractivity contribution < 1.29 is 5.21 Å². The second-order valence-electron chi connectivity index (χ2n) is 6.39. The molecule has 1 aromatic heterocycles. The maximum atomic E-state index is 8.81. The fourth-order valence-electron chi connectivity index (χ4n) is 4.69. The highest BCUT2D eigenvalue weighted by molar-refractivity contribution is 5.96. The zero-order chi connectivity index (χ0) is 13.7. The number of nitrogens with zero attached hydrogens (tertiary/aromatic N) is 2. The van der Waals surface area contributed by atoms with E-state index in [1.165, 1.54) is 19.3 Å². The van der Waals surface area contributed by atoms with Gasteiger partial charge in [0.1, 0.15) is 5.69 Å². The Bertz CT molecular complexity index is 543. The molecule has 106 valence electrons. The zero-order valence-corrected chi connectivity index (χ0v) is 11.4. The highest BCUT2D eigenvalue weighted by Crippen LogP contribution is 2.65. The van der Waals surface area contributed by atoms with Gasteiger partial charge in [0.15, 0.2) is 5.84 Å². The molecule has 1 heterocycles. The van der Waals surface area contributed by atoms with Gasteiger partial charge in [-0.3, -0.25) is 4.98 Å². The van der Waals surface area contributed by atoms with E-state index < -0.39 is 0 Å². The number of nitrogens with one attached hydrogen (secondary N) is 1. The summed E-state index contributed by atoms with van der Waals surface area (Å²) in [6, 6.07) is 4.56. The Balaban J connectivity index is 1.44. The van der Waals surface area contributed by atoms with Crippen LogP contribution in [0.5, 0.6) is 0 Å². The molecule has 4 atom stereocenters. The van der Waals surface area contributed by atoms with Crippen molar-refractivity contribution in [3.8, 4) is 0 Å². The largest absolute Gasteiger partial charge is 0.409 e. The molecule has 0 aromatic carbocycles. The summed E-state index contributed by atoms with van der Waals surface area (Å²) >= 11 is 0. The second kappa shape index (κ2) is 4.45. The molecule has 0 radical (unpaired) electrons. The molecular weight excluding hydrogens is 252 g/mol. The standard InChI is InChI=1S/C15H20N4O/c16-15(19-20)13-10(2-1-5-17-13)7-18-14-11-8-3-4-9(6-8)12(11)14/h1-2,5,8-9,11-12,14,18,20H,3-4,6-7H2,(H2,16,19). The molecule has 0 saturated heterocycles. The van der Waals surface area contributed by atoms with E-state index in [1.807, 2.05) is 12.1 Å². The molecule has 5 nitrogen and oxygen atoms in total. The molecule has 3 saturated carbocycles. The Labute approximate surface area is 118 Å². The molecule has 1 aromatic rings. The molecule has 5 heteroatoms. The maximum Gasteiger partial charge on any atom is 0.189 e. The Morgan fingerprint density at radius 2 is 2.15 bits per heavy atom. The first kappa shape index (κ1) is 12.1. The monoisotopic (exact) mass is 272 g/mol. The molecule has 2 bridgehead atoms. The predicted octanol–water partition coefficient (Wildman–Crippen LogP) is 1.31. The SMILES string of the molecule is N/C(=N/O)c1ncccc1CNC1C2C3CCC(C3)C12. The van der Waals surface area contributed by atoms with Crippen LogP contribution in [0.1, 0.15) is 30.5 Å². The minimum atomic E-state index is 0.0819. The summed E-state index contributed by atoms with van der Waals surface area (Å²) in [5.41, 5.74) is 7.25. The van der Waals surface area contributed by atoms with Gasteiger partial charge in [-0.1, -0.05) is 11.2 Å². The highest BCUT2D eigenvalue weighted by atomic mass is 16.4. The topological polar surface area (TPSA) is 83.5 Å². The summed E-state index contributed by atoms with van der Waals surface area (Å²) in [4.78, 5) is 4.21. The quantitative estimate of drug-likeness (QED) is 0.334. The number of nitrogens with two attached hydrogens (primary N) is 1. The number of amidine groups is 1. The first-order chi connectivity index (χ1) is 9.79. The third kappa shape index (κ3) is 1.73. The fraction of sp³-hybridized carbons (Fsp3) is 0.600. The van der Waals surface area contributed by atoms with Gasteiger partial charge < -0.3 is 16.3 Å². The summed E-state index contributed by atoms with van der Waals surface area (Å²) in [6.45, 7) is 0.747. The van der Waals surface area contributed by atoms with Crippen molar-refractivity contribution in [1.82, 2.24) is 10.3 Å². The van der Waals surface area contributed by atoms with E-state index >= 15 is 0 Å². The summed E-state index contributed by atoms with van der Waals surface area (Å²) < 4.78 is 0. The van der Waals surface area contributed by atoms with E-state index in [0.717, 1.165) is 35.8 Å². The zero-order valence-electron chi connectivity index (χ0n) is 11.4. The van der Waals surface area contributed by atoms with Crippen molar-refractivity contribution in [2.24, 2.45) is 34.6 Å². The van der Waals surface area contributed by atoms with Crippen molar-refractivity contribution in [3.05, 3.63) is 29.6 Å². The Morgan fingerprint density at radius 1 is 1.40 bits per heavy atom. The van der Waals surface area contributed by atoms with Gasteiger partial charge in [0.05, 0.1) is 0 Å². The van der Waals surface area contributed by atoms with E-state index in [4.69, 9.17) is 10.9 Å². The maximum absolute atomic E-state index is 8.81. The molecule has 4 rings (SSSR count). The van der Waals surface area contributed by atoms with Crippen LogP contribution in [0, 0.1) is 23.7 Å². The predicted molar refractivity (Wildman–Crippen MR) is 75.2 cm³/mol. The summed E-state index contributed by atoms with van der Waals surface area (Å²) in [6.07, 6.45) is 6.01. The van der Waals surface area contributed by atoms with Gasteiger partial charge in [-0.15, -0.1) is 0 Å². The van der Waals surface area contributed by atoms with E-state index in [1.54, 1.807) is 6.20 Å². The van der Waals surface area contributed by atoms with E-state index in [2.05, 4.69) is 15.5 Å². The third-order valence-corrected chi connectivity index (χ3v) is 5.51. The van der Waals surface area contributed by atoms with Crippen molar-refractivity contribution in [1.29, 1.82) is 0 Å². The molecule has 0 aliphatic heterocycles. The summed E-state index contributed by atoms with van der Waals surface area (Å²) in [5, 5.41) is 15.5. The number of aromatic nitrogens is 1. The van der Waals surface area contributed by atoms with E-state index in [0.29, 0.717) is 11.7 Å². The van der Waals surface area contributed by atoms with Crippen LogP contribution in [0.15, 0.2) is 23.5 Å². The van der Waals surface area contributed by atoms with Crippen molar-refractivity contribution in [3.63, 3.8) is 0 Å². The molecular formula is C15H20N4O. The number of oxime groups is 1. The fourth-order valence-corrected chi connectivity index (χ4v) is 4.69. The lowest BCUT2D eigenvalue weighted by molar-refractivity contribution is 0.318. The Hall–Kier alpha value is -1.62. The Morgan fingerprint density at radius 3 is 2.85 bits per heavy atom. The van der Waals surface area contributed by atoms with E-state index in [-0.39, 0.29) is 5.84 Å². The number of hydrogen-bond donors (Lipinski definition) is 3. The molecule has 0 spiro atoms. The average molecular weight is 272 g/mol. The van der Waals surface area contributed by atoms with Crippen LogP contribution in [0.3, 0.4) is 0 Å². The smallest absolute Gasteiger partial charge is 0.189 e. The van der Waals surface area contributed by atoms with Crippen molar-refractivity contribution in [2.75, 3.05) is 0 Å². The first-order valence-corrected chi connectivity index (χ1v) is 7.44. The van der Waals surface area contributed by atoms with Crippen LogP contribution in [0.2, 0.25) is 0 Å². The number of pyridine rings is 1. The molecule has 3 fully saturated rings. The summed E-state index contributed by atoms with van der Waals surface area (Å²) in [7, 11) is 0. The van der Waals surface area contributed by atoms with Gasteiger partial charge in [0.25, 0.3) is 0 Å². The number of rotatable bonds is 4. The average Bonchev–Trinajstić information content (AvgIpc) is 2.87. The molecule has 0 amide bonds. The molecule has 4 unspecified atom stereocenters. The molecule has 3 aliphatic carbocycles. The van der Waals surface area contributed by atoms with Gasteiger partial charge in [0.2, 0.25) is 0 Å². The molecule has 20 heavy (non-hydrogen) atoms. The molecule has 4 N–H and O–H groups in total. The third-order valence-electron chi connectivity index (χ3n) is 5.51. The van der Waals surface area contributed by atoms with E-state index in [9.17, 15) is 0 Å². The first-order valence-electron chi connectivity index (χ1n) is 7.44. The van der Waals surface area contributed by atoms with Crippen LogP contribution in [0.4, 0.5) is 0 Å². The van der Waals surface area contributed by atoms with Crippen molar-refractivity contribution >= 4 is 5.84 Å². The van der Waals surface area contributed by atoms with Gasteiger partial charge in [-0.2, -0.15) is 0 Å². The Kier molecular flexibility index (Phi) is 2.70. The van der Waals surface area contributed by atoms with Crippen LogP contribution < -0.4 is 11.1 Å². The lowest BCUT2D eigenvalue weighted by Gasteiger charge is -2.12. The summed E-state index contributed by atoms with van der Waals surface area (Å²) in [5.74, 6) is 3.86. The van der Waals surface area contributed by atoms with Gasteiger partial charge >= 0.3 is 0 Å². The minimum absolute atomic E-state index is 0.0819. The lowest BCUT2D eigenvalue weighted by atomic mass is 10.0. The van der Waals surface area contributed by atoms with Crippen LogP contribution >= 0.6 is 0 Å². The van der Waals surface area contributed by atoms with Gasteiger partial charge in [-0.05, 0) is 54.6 Å². The highest BCUT2D eigenvalue weighted by Gasteiger charge is 2.64. The van der Waals surface area contributed by atoms with Crippen molar-refractivity contribution in [2.45, 2.75) is 31.8 Å². The number of fused-ring (bicyclic) bond motifs is 5.